The SMILES string of the molecule is Cc1cccn2nc([C@@H]3c4nc[nH]c4CCN3c3cccc(-n4cccn4)c3)cc12. The van der Waals surface area contributed by atoms with Gasteiger partial charge >= 0.3 is 0 Å². The second-order valence-corrected chi connectivity index (χ2v) is 7.67. The van der Waals surface area contributed by atoms with E-state index in [1.165, 1.54) is 11.3 Å². The van der Waals surface area contributed by atoms with Crippen molar-refractivity contribution >= 4 is 11.2 Å². The quantitative estimate of drug-likeness (QED) is 0.506. The van der Waals surface area contributed by atoms with Gasteiger partial charge in [-0.3, -0.25) is 0 Å². The van der Waals surface area contributed by atoms with Crippen LogP contribution in [0.15, 0.2) is 73.4 Å². The number of imidazole rings is 1. The van der Waals surface area contributed by atoms with Crippen molar-refractivity contribution in [1.82, 2.24) is 29.4 Å². The van der Waals surface area contributed by atoms with E-state index in [1.807, 2.05) is 33.7 Å². The average molecular weight is 395 g/mol. The van der Waals surface area contributed by atoms with Crippen LogP contribution in [0.25, 0.3) is 11.2 Å². The first-order valence-electron chi connectivity index (χ1n) is 10.1. The Hall–Kier alpha value is -3.87. The van der Waals surface area contributed by atoms with Gasteiger partial charge in [0, 0.05) is 42.9 Å². The number of hydrogen-bond donors (Lipinski definition) is 1. The largest absolute Gasteiger partial charge is 0.357 e. The van der Waals surface area contributed by atoms with Crippen LogP contribution in [0.1, 0.15) is 28.7 Å². The van der Waals surface area contributed by atoms with E-state index in [9.17, 15) is 0 Å². The van der Waals surface area contributed by atoms with Crippen molar-refractivity contribution in [1.29, 1.82) is 0 Å². The molecule has 0 radical (unpaired) electrons. The second kappa shape index (κ2) is 6.59. The summed E-state index contributed by atoms with van der Waals surface area (Å²) in [6.07, 6.45) is 8.48. The van der Waals surface area contributed by atoms with Crippen LogP contribution >= 0.6 is 0 Å². The highest BCUT2D eigenvalue weighted by Crippen LogP contribution is 2.37. The molecule has 148 valence electrons. The average Bonchev–Trinajstić information content (AvgIpc) is 3.53. The van der Waals surface area contributed by atoms with Crippen molar-refractivity contribution in [3.8, 4) is 5.69 Å². The van der Waals surface area contributed by atoms with Gasteiger partial charge in [-0.1, -0.05) is 12.1 Å². The minimum Gasteiger partial charge on any atom is -0.357 e. The van der Waals surface area contributed by atoms with Gasteiger partial charge in [-0.2, -0.15) is 10.2 Å². The van der Waals surface area contributed by atoms with Crippen LogP contribution in [0, 0.1) is 6.92 Å². The van der Waals surface area contributed by atoms with E-state index in [-0.39, 0.29) is 6.04 Å². The number of anilines is 1. The molecule has 5 heterocycles. The zero-order valence-electron chi connectivity index (χ0n) is 16.6. The van der Waals surface area contributed by atoms with E-state index in [2.05, 4.69) is 58.3 Å². The number of benzene rings is 1. The molecular formula is C23H21N7. The lowest BCUT2D eigenvalue weighted by molar-refractivity contribution is 0.617. The van der Waals surface area contributed by atoms with Crippen molar-refractivity contribution < 1.29 is 0 Å². The van der Waals surface area contributed by atoms with Crippen molar-refractivity contribution in [2.75, 3.05) is 11.4 Å². The zero-order chi connectivity index (χ0) is 20.1. The molecule has 0 aliphatic carbocycles. The molecule has 1 aromatic carbocycles. The molecule has 5 aromatic rings. The molecule has 7 heteroatoms. The summed E-state index contributed by atoms with van der Waals surface area (Å²) in [5.74, 6) is 0. The van der Waals surface area contributed by atoms with E-state index in [0.717, 1.165) is 41.2 Å². The fraction of sp³-hybridized carbons (Fsp3) is 0.174. The molecule has 1 aliphatic rings. The number of rotatable bonds is 3. The Morgan fingerprint density at radius 2 is 1.97 bits per heavy atom. The lowest BCUT2D eigenvalue weighted by atomic mass is 9.98. The summed E-state index contributed by atoms with van der Waals surface area (Å²) in [5, 5.41) is 9.31. The Kier molecular flexibility index (Phi) is 3.74. The summed E-state index contributed by atoms with van der Waals surface area (Å²) < 4.78 is 3.85. The van der Waals surface area contributed by atoms with Gasteiger partial charge in [0.15, 0.2) is 0 Å². The van der Waals surface area contributed by atoms with E-state index < -0.39 is 0 Å². The van der Waals surface area contributed by atoms with E-state index in [1.54, 1.807) is 12.5 Å². The monoisotopic (exact) mass is 395 g/mol. The number of aryl methyl sites for hydroxylation is 1. The molecule has 1 N–H and O–H groups in total. The molecule has 1 aliphatic heterocycles. The Morgan fingerprint density at radius 3 is 2.83 bits per heavy atom. The van der Waals surface area contributed by atoms with Crippen molar-refractivity contribution in [2.45, 2.75) is 19.4 Å². The highest BCUT2D eigenvalue weighted by Gasteiger charge is 2.33. The molecule has 0 bridgehead atoms. The summed E-state index contributed by atoms with van der Waals surface area (Å²) >= 11 is 0. The van der Waals surface area contributed by atoms with Crippen LogP contribution in [0.4, 0.5) is 5.69 Å². The number of aromatic nitrogens is 6. The molecule has 30 heavy (non-hydrogen) atoms. The molecule has 7 nitrogen and oxygen atoms in total. The highest BCUT2D eigenvalue weighted by molar-refractivity contribution is 5.60. The first-order valence-corrected chi connectivity index (χ1v) is 10.1. The predicted molar refractivity (Wildman–Crippen MR) is 115 cm³/mol. The van der Waals surface area contributed by atoms with Gasteiger partial charge in [0.25, 0.3) is 0 Å². The molecular weight excluding hydrogens is 374 g/mol. The standard InChI is InChI=1S/C23H21N7/c1-16-5-3-10-30-21(16)14-20(27-30)23-22-19(24-15-25-22)8-12-28(23)17-6-2-7-18(13-17)29-11-4-9-26-29/h2-7,9-11,13-15,23H,8,12H2,1H3,(H,24,25)/t23-/m1/s1. The van der Waals surface area contributed by atoms with E-state index in [0.29, 0.717) is 0 Å². The number of aromatic amines is 1. The minimum absolute atomic E-state index is 0.0489. The number of nitrogens with one attached hydrogen (secondary N) is 1. The normalized spacial score (nSPS) is 16.2. The second-order valence-electron chi connectivity index (χ2n) is 7.67. The molecule has 4 aromatic heterocycles. The Morgan fingerprint density at radius 1 is 1.03 bits per heavy atom. The molecule has 0 saturated heterocycles. The van der Waals surface area contributed by atoms with Crippen LogP contribution in [0.2, 0.25) is 0 Å². The van der Waals surface area contributed by atoms with Crippen molar-refractivity contribution in [3.05, 3.63) is 96.1 Å². The topological polar surface area (TPSA) is 67.0 Å². The Bertz CT molecular complexity index is 1330. The van der Waals surface area contributed by atoms with Crippen LogP contribution < -0.4 is 4.90 Å². The molecule has 1 atom stereocenters. The summed E-state index contributed by atoms with van der Waals surface area (Å²) in [6.45, 7) is 3.00. The Labute approximate surface area is 173 Å². The van der Waals surface area contributed by atoms with Gasteiger partial charge < -0.3 is 9.88 Å². The van der Waals surface area contributed by atoms with Crippen LogP contribution in [0.3, 0.4) is 0 Å². The third-order valence-electron chi connectivity index (χ3n) is 5.87. The molecule has 0 spiro atoms. The molecule has 6 rings (SSSR count). The van der Waals surface area contributed by atoms with E-state index >= 15 is 0 Å². The number of pyridine rings is 1. The van der Waals surface area contributed by atoms with Crippen LogP contribution in [0.5, 0.6) is 0 Å². The van der Waals surface area contributed by atoms with Gasteiger partial charge in [0.05, 0.1) is 28.9 Å². The lowest BCUT2D eigenvalue weighted by Crippen LogP contribution is -2.36. The summed E-state index contributed by atoms with van der Waals surface area (Å²) in [7, 11) is 0. The van der Waals surface area contributed by atoms with Crippen molar-refractivity contribution in [3.63, 3.8) is 0 Å². The highest BCUT2D eigenvalue weighted by atomic mass is 15.3. The van der Waals surface area contributed by atoms with Gasteiger partial charge in [-0.25, -0.2) is 14.2 Å². The fourth-order valence-electron chi connectivity index (χ4n) is 4.40. The van der Waals surface area contributed by atoms with Crippen LogP contribution in [-0.4, -0.2) is 35.9 Å². The van der Waals surface area contributed by atoms with E-state index in [4.69, 9.17) is 10.1 Å². The van der Waals surface area contributed by atoms with Crippen molar-refractivity contribution in [2.24, 2.45) is 0 Å². The molecule has 0 fully saturated rings. The van der Waals surface area contributed by atoms with Gasteiger partial charge in [0.2, 0.25) is 0 Å². The number of hydrogen-bond acceptors (Lipinski definition) is 4. The molecule has 0 unspecified atom stereocenters. The smallest absolute Gasteiger partial charge is 0.117 e. The summed E-state index contributed by atoms with van der Waals surface area (Å²) in [6, 6.07) is 16.7. The first-order chi connectivity index (χ1) is 14.8. The maximum absolute atomic E-state index is 4.93. The molecule has 0 saturated carbocycles. The third kappa shape index (κ3) is 2.62. The number of H-pyrrole nitrogens is 1. The number of nitrogens with zero attached hydrogens (tertiary/aromatic N) is 6. The maximum Gasteiger partial charge on any atom is 0.117 e. The third-order valence-corrected chi connectivity index (χ3v) is 5.87. The zero-order valence-corrected chi connectivity index (χ0v) is 16.6. The predicted octanol–water partition coefficient (Wildman–Crippen LogP) is 3.70. The molecule has 0 amide bonds. The first kappa shape index (κ1) is 17.0. The summed E-state index contributed by atoms with van der Waals surface area (Å²) in [5.41, 5.74) is 7.74. The minimum atomic E-state index is -0.0489. The van der Waals surface area contributed by atoms with Gasteiger partial charge in [-0.15, -0.1) is 0 Å². The lowest BCUT2D eigenvalue weighted by Gasteiger charge is -2.36. The van der Waals surface area contributed by atoms with Gasteiger partial charge in [0.1, 0.15) is 6.04 Å². The van der Waals surface area contributed by atoms with Gasteiger partial charge in [-0.05, 0) is 48.9 Å². The Balaban J connectivity index is 1.50. The fourth-order valence-corrected chi connectivity index (χ4v) is 4.40. The number of fused-ring (bicyclic) bond motifs is 2. The summed E-state index contributed by atoms with van der Waals surface area (Å²) in [4.78, 5) is 10.4. The maximum atomic E-state index is 4.93. The van der Waals surface area contributed by atoms with Crippen LogP contribution in [-0.2, 0) is 6.42 Å².